The zero-order chi connectivity index (χ0) is 14.1. The van der Waals surface area contributed by atoms with Crippen molar-refractivity contribution < 1.29 is 0 Å². The molecular formula is C18H20ClN. The first-order valence-electron chi connectivity index (χ1n) is 7.26. The SMILES string of the molecule is Cc1c(Cl)cccc1C(N)Cc1ccc2c(c1)CCC2. The first-order chi connectivity index (χ1) is 9.65. The fraction of sp³-hybridized carbons (Fsp3) is 0.333. The Morgan fingerprint density at radius 2 is 1.95 bits per heavy atom. The van der Waals surface area contributed by atoms with Crippen LogP contribution in [0.25, 0.3) is 0 Å². The normalized spacial score (nSPS) is 15.2. The highest BCUT2D eigenvalue weighted by Gasteiger charge is 2.14. The smallest absolute Gasteiger partial charge is 0.0438 e. The van der Waals surface area contributed by atoms with Gasteiger partial charge in [0.15, 0.2) is 0 Å². The summed E-state index contributed by atoms with van der Waals surface area (Å²) in [5, 5.41) is 0.798. The van der Waals surface area contributed by atoms with Crippen LogP contribution < -0.4 is 5.73 Å². The maximum Gasteiger partial charge on any atom is 0.0438 e. The lowest BCUT2D eigenvalue weighted by atomic mass is 9.94. The molecule has 104 valence electrons. The molecular weight excluding hydrogens is 266 g/mol. The van der Waals surface area contributed by atoms with E-state index in [-0.39, 0.29) is 6.04 Å². The molecule has 0 saturated carbocycles. The summed E-state index contributed by atoms with van der Waals surface area (Å²) < 4.78 is 0. The third kappa shape index (κ3) is 2.61. The van der Waals surface area contributed by atoms with Gasteiger partial charge in [0.25, 0.3) is 0 Å². The van der Waals surface area contributed by atoms with E-state index in [4.69, 9.17) is 17.3 Å². The van der Waals surface area contributed by atoms with Gasteiger partial charge < -0.3 is 5.73 Å². The van der Waals surface area contributed by atoms with E-state index < -0.39 is 0 Å². The van der Waals surface area contributed by atoms with Gasteiger partial charge in [0.05, 0.1) is 0 Å². The van der Waals surface area contributed by atoms with Crippen molar-refractivity contribution in [2.24, 2.45) is 5.73 Å². The van der Waals surface area contributed by atoms with Crippen molar-refractivity contribution >= 4 is 11.6 Å². The zero-order valence-corrected chi connectivity index (χ0v) is 12.6. The summed E-state index contributed by atoms with van der Waals surface area (Å²) in [6.45, 7) is 2.04. The van der Waals surface area contributed by atoms with Gasteiger partial charge in [-0.15, -0.1) is 0 Å². The van der Waals surface area contributed by atoms with Gasteiger partial charge in [-0.25, -0.2) is 0 Å². The van der Waals surface area contributed by atoms with Crippen molar-refractivity contribution in [1.82, 2.24) is 0 Å². The molecule has 0 amide bonds. The Bertz CT molecular complexity index is 633. The Morgan fingerprint density at radius 3 is 2.80 bits per heavy atom. The topological polar surface area (TPSA) is 26.0 Å². The van der Waals surface area contributed by atoms with E-state index in [9.17, 15) is 0 Å². The molecule has 3 rings (SSSR count). The highest BCUT2D eigenvalue weighted by Crippen LogP contribution is 2.27. The third-order valence-electron chi connectivity index (χ3n) is 4.33. The number of nitrogens with two attached hydrogens (primary N) is 1. The number of hydrogen-bond acceptors (Lipinski definition) is 1. The summed E-state index contributed by atoms with van der Waals surface area (Å²) in [6, 6.07) is 12.8. The molecule has 1 nitrogen and oxygen atoms in total. The first-order valence-corrected chi connectivity index (χ1v) is 7.64. The molecule has 0 aliphatic heterocycles. The second-order valence-electron chi connectivity index (χ2n) is 5.72. The highest BCUT2D eigenvalue weighted by molar-refractivity contribution is 6.31. The van der Waals surface area contributed by atoms with E-state index in [2.05, 4.69) is 24.3 Å². The van der Waals surface area contributed by atoms with Gasteiger partial charge in [-0.05, 0) is 66.5 Å². The molecule has 1 aliphatic carbocycles. The monoisotopic (exact) mass is 285 g/mol. The largest absolute Gasteiger partial charge is 0.324 e. The molecule has 0 heterocycles. The van der Waals surface area contributed by atoms with E-state index in [1.807, 2.05) is 19.1 Å². The minimum atomic E-state index is 0.00755. The average molecular weight is 286 g/mol. The Hall–Kier alpha value is -1.31. The van der Waals surface area contributed by atoms with Crippen molar-refractivity contribution in [2.45, 2.75) is 38.6 Å². The lowest BCUT2D eigenvalue weighted by Crippen LogP contribution is -2.15. The maximum atomic E-state index is 6.38. The maximum absolute atomic E-state index is 6.38. The van der Waals surface area contributed by atoms with Crippen LogP contribution in [-0.4, -0.2) is 0 Å². The lowest BCUT2D eigenvalue weighted by molar-refractivity contribution is 0.716. The van der Waals surface area contributed by atoms with Crippen LogP contribution in [0.1, 0.15) is 40.3 Å². The fourth-order valence-corrected chi connectivity index (χ4v) is 3.32. The van der Waals surface area contributed by atoms with Crippen molar-refractivity contribution in [3.8, 4) is 0 Å². The molecule has 2 N–H and O–H groups in total. The van der Waals surface area contributed by atoms with E-state index in [0.29, 0.717) is 0 Å². The molecule has 2 heteroatoms. The Labute approximate surface area is 125 Å². The van der Waals surface area contributed by atoms with Crippen molar-refractivity contribution in [3.05, 3.63) is 69.2 Å². The molecule has 0 radical (unpaired) electrons. The predicted octanol–water partition coefficient (Wildman–Crippen LogP) is 4.38. The van der Waals surface area contributed by atoms with Crippen molar-refractivity contribution in [2.75, 3.05) is 0 Å². The minimum Gasteiger partial charge on any atom is -0.324 e. The van der Waals surface area contributed by atoms with E-state index in [1.165, 1.54) is 36.0 Å². The third-order valence-corrected chi connectivity index (χ3v) is 4.74. The van der Waals surface area contributed by atoms with Gasteiger partial charge >= 0.3 is 0 Å². The molecule has 2 aromatic carbocycles. The summed E-state index contributed by atoms with van der Waals surface area (Å²) in [5.41, 5.74) is 13.0. The highest BCUT2D eigenvalue weighted by atomic mass is 35.5. The summed E-state index contributed by atoms with van der Waals surface area (Å²) in [5.74, 6) is 0. The number of rotatable bonds is 3. The summed E-state index contributed by atoms with van der Waals surface area (Å²) in [7, 11) is 0. The summed E-state index contributed by atoms with van der Waals surface area (Å²) >= 11 is 6.18. The Kier molecular flexibility index (Phi) is 3.82. The van der Waals surface area contributed by atoms with Gasteiger partial charge in [0, 0.05) is 11.1 Å². The van der Waals surface area contributed by atoms with Crippen LogP contribution in [0.2, 0.25) is 5.02 Å². The molecule has 1 unspecified atom stereocenters. The van der Waals surface area contributed by atoms with Gasteiger partial charge in [0.2, 0.25) is 0 Å². The molecule has 0 bridgehead atoms. The van der Waals surface area contributed by atoms with E-state index >= 15 is 0 Å². The van der Waals surface area contributed by atoms with Crippen molar-refractivity contribution in [1.29, 1.82) is 0 Å². The Morgan fingerprint density at radius 1 is 1.15 bits per heavy atom. The van der Waals surface area contributed by atoms with Crippen LogP contribution in [0.5, 0.6) is 0 Å². The summed E-state index contributed by atoms with van der Waals surface area (Å²) in [6.07, 6.45) is 4.61. The van der Waals surface area contributed by atoms with Crippen LogP contribution in [0.15, 0.2) is 36.4 Å². The number of halogens is 1. The van der Waals surface area contributed by atoms with Crippen molar-refractivity contribution in [3.63, 3.8) is 0 Å². The number of fused-ring (bicyclic) bond motifs is 1. The fourth-order valence-electron chi connectivity index (χ4n) is 3.14. The molecule has 0 spiro atoms. The second-order valence-corrected chi connectivity index (χ2v) is 6.13. The van der Waals surface area contributed by atoms with E-state index in [0.717, 1.165) is 22.6 Å². The number of aryl methyl sites for hydroxylation is 2. The van der Waals surface area contributed by atoms with Gasteiger partial charge in [-0.3, -0.25) is 0 Å². The van der Waals surface area contributed by atoms with Crippen LogP contribution >= 0.6 is 11.6 Å². The second kappa shape index (κ2) is 5.59. The van der Waals surface area contributed by atoms with Gasteiger partial charge in [0.1, 0.15) is 0 Å². The average Bonchev–Trinajstić information content (AvgIpc) is 2.89. The minimum absolute atomic E-state index is 0.00755. The Balaban J connectivity index is 1.82. The number of hydrogen-bond donors (Lipinski definition) is 1. The van der Waals surface area contributed by atoms with Gasteiger partial charge in [-0.1, -0.05) is 41.9 Å². The molecule has 1 aliphatic rings. The molecule has 0 fully saturated rings. The molecule has 20 heavy (non-hydrogen) atoms. The predicted molar refractivity (Wildman–Crippen MR) is 85.3 cm³/mol. The number of benzene rings is 2. The molecule has 0 saturated heterocycles. The van der Waals surface area contributed by atoms with Crippen LogP contribution in [0.4, 0.5) is 0 Å². The van der Waals surface area contributed by atoms with Gasteiger partial charge in [-0.2, -0.15) is 0 Å². The first kappa shape index (κ1) is 13.7. The molecule has 0 aromatic heterocycles. The van der Waals surface area contributed by atoms with E-state index in [1.54, 1.807) is 0 Å². The quantitative estimate of drug-likeness (QED) is 0.890. The molecule has 1 atom stereocenters. The lowest BCUT2D eigenvalue weighted by Gasteiger charge is -2.16. The standard InChI is InChI=1S/C18H20ClN/c1-12-16(6-3-7-17(12)19)18(20)11-13-8-9-14-4-2-5-15(14)10-13/h3,6-10,18H,2,4-5,11,20H2,1H3. The van der Waals surface area contributed by atoms with Crippen LogP contribution in [-0.2, 0) is 19.3 Å². The van der Waals surface area contributed by atoms with Crippen LogP contribution in [0.3, 0.4) is 0 Å². The zero-order valence-electron chi connectivity index (χ0n) is 11.8. The van der Waals surface area contributed by atoms with Crippen LogP contribution in [0, 0.1) is 6.92 Å². The molecule has 2 aromatic rings. The summed E-state index contributed by atoms with van der Waals surface area (Å²) in [4.78, 5) is 0.